The van der Waals surface area contributed by atoms with Gasteiger partial charge in [-0.1, -0.05) is 26.0 Å². The Morgan fingerprint density at radius 3 is 2.70 bits per heavy atom. The predicted molar refractivity (Wildman–Crippen MR) is 105 cm³/mol. The molecule has 0 bridgehead atoms. The van der Waals surface area contributed by atoms with Gasteiger partial charge < -0.3 is 9.47 Å². The molecule has 0 spiro atoms. The summed E-state index contributed by atoms with van der Waals surface area (Å²) >= 11 is 1.34. The van der Waals surface area contributed by atoms with Crippen molar-refractivity contribution in [3.63, 3.8) is 0 Å². The monoisotopic (exact) mass is 386 g/mol. The van der Waals surface area contributed by atoms with Crippen LogP contribution in [0, 0.1) is 12.8 Å². The fraction of sp³-hybridized carbons (Fsp3) is 0.350. The number of hydrogen-bond acceptors (Lipinski definition) is 6. The van der Waals surface area contributed by atoms with Crippen LogP contribution in [-0.4, -0.2) is 35.2 Å². The van der Waals surface area contributed by atoms with Gasteiger partial charge in [0.15, 0.2) is 6.61 Å². The molecule has 2 aromatic heterocycles. The summed E-state index contributed by atoms with van der Waals surface area (Å²) < 4.78 is 12.3. The van der Waals surface area contributed by atoms with Crippen LogP contribution in [0.2, 0.25) is 0 Å². The molecule has 142 valence electrons. The first kappa shape index (κ1) is 19.1. The zero-order chi connectivity index (χ0) is 19.6. The van der Waals surface area contributed by atoms with Gasteiger partial charge in [0.25, 0.3) is 0 Å². The van der Waals surface area contributed by atoms with Crippen LogP contribution in [0.5, 0.6) is 5.75 Å². The number of nitrogens with zero attached hydrogens (tertiary/aromatic N) is 2. The fourth-order valence-electron chi connectivity index (χ4n) is 2.84. The highest BCUT2D eigenvalue weighted by Crippen LogP contribution is 2.29. The summed E-state index contributed by atoms with van der Waals surface area (Å²) in [5.74, 6) is 0.104. The van der Waals surface area contributed by atoms with E-state index in [1.54, 1.807) is 30.3 Å². The molecule has 27 heavy (non-hydrogen) atoms. The Kier molecular flexibility index (Phi) is 5.60. The molecular formula is C20H22N2O4S. The van der Waals surface area contributed by atoms with E-state index in [4.69, 9.17) is 9.47 Å². The van der Waals surface area contributed by atoms with Crippen molar-refractivity contribution in [1.82, 2.24) is 9.78 Å². The van der Waals surface area contributed by atoms with E-state index in [9.17, 15) is 9.59 Å². The minimum absolute atomic E-state index is 0.302. The molecule has 3 aromatic rings. The first-order valence-corrected chi connectivity index (χ1v) is 9.52. The number of ether oxygens (including phenoxy) is 2. The minimum atomic E-state index is -0.505. The van der Waals surface area contributed by atoms with Crippen LogP contribution in [0.1, 0.15) is 39.6 Å². The van der Waals surface area contributed by atoms with Crippen LogP contribution in [0.25, 0.3) is 10.2 Å². The van der Waals surface area contributed by atoms with E-state index in [1.165, 1.54) is 18.4 Å². The predicted octanol–water partition coefficient (Wildman–Crippen LogP) is 4.11. The third kappa shape index (κ3) is 4.03. The van der Waals surface area contributed by atoms with Crippen LogP contribution in [0.4, 0.5) is 0 Å². The number of fused-ring (bicyclic) bond motifs is 1. The number of carbonyl (C=O) groups is 2. The van der Waals surface area contributed by atoms with Gasteiger partial charge in [0.2, 0.25) is 5.78 Å². The second-order valence-corrected chi connectivity index (χ2v) is 7.72. The van der Waals surface area contributed by atoms with Crippen molar-refractivity contribution < 1.29 is 19.1 Å². The quantitative estimate of drug-likeness (QED) is 0.451. The van der Waals surface area contributed by atoms with Crippen molar-refractivity contribution in [2.45, 2.75) is 27.3 Å². The van der Waals surface area contributed by atoms with Gasteiger partial charge in [0, 0.05) is 11.9 Å². The number of aromatic nitrogens is 2. The molecular weight excluding hydrogens is 364 g/mol. The molecule has 0 radical (unpaired) electrons. The second kappa shape index (κ2) is 7.92. The highest BCUT2D eigenvalue weighted by atomic mass is 32.1. The molecule has 2 heterocycles. The SMILES string of the molecule is COc1ccccc1C(=O)COC(=O)c1cc2c(C)nn(CC(C)C)c2s1. The average molecular weight is 386 g/mol. The topological polar surface area (TPSA) is 70.4 Å². The van der Waals surface area contributed by atoms with Crippen molar-refractivity contribution in [1.29, 1.82) is 0 Å². The van der Waals surface area contributed by atoms with E-state index < -0.39 is 5.97 Å². The van der Waals surface area contributed by atoms with E-state index in [-0.39, 0.29) is 12.4 Å². The summed E-state index contributed by atoms with van der Waals surface area (Å²) in [5, 5.41) is 5.48. The molecule has 0 unspecified atom stereocenters. The molecule has 3 rings (SSSR count). The molecule has 0 saturated carbocycles. The number of ketones is 1. The smallest absolute Gasteiger partial charge is 0.348 e. The van der Waals surface area contributed by atoms with E-state index in [1.807, 2.05) is 11.6 Å². The molecule has 0 fully saturated rings. The van der Waals surface area contributed by atoms with Crippen molar-refractivity contribution in [3.8, 4) is 5.75 Å². The van der Waals surface area contributed by atoms with Crippen LogP contribution in [-0.2, 0) is 11.3 Å². The Bertz CT molecular complexity index is 987. The number of rotatable bonds is 7. The Hall–Kier alpha value is -2.67. The second-order valence-electron chi connectivity index (χ2n) is 6.69. The third-order valence-corrected chi connectivity index (χ3v) is 5.22. The molecule has 6 nitrogen and oxygen atoms in total. The number of hydrogen-bond donors (Lipinski definition) is 0. The standard InChI is InChI=1S/C20H22N2O4S/c1-12(2)10-22-19-15(13(3)21-22)9-18(27-19)20(24)26-11-16(23)14-7-5-6-8-17(14)25-4/h5-9,12H,10-11H2,1-4H3. The molecule has 0 aliphatic carbocycles. The van der Waals surface area contributed by atoms with E-state index in [0.29, 0.717) is 22.1 Å². The highest BCUT2D eigenvalue weighted by molar-refractivity contribution is 7.20. The number of Topliss-reactive ketones (excluding diaryl/α,β-unsaturated/α-hetero) is 1. The van der Waals surface area contributed by atoms with Gasteiger partial charge in [-0.2, -0.15) is 5.10 Å². The van der Waals surface area contributed by atoms with Gasteiger partial charge in [-0.15, -0.1) is 11.3 Å². The maximum atomic E-state index is 12.4. The van der Waals surface area contributed by atoms with Gasteiger partial charge in [0.05, 0.1) is 18.4 Å². The number of para-hydroxylation sites is 1. The van der Waals surface area contributed by atoms with Gasteiger partial charge >= 0.3 is 5.97 Å². The molecule has 7 heteroatoms. The Morgan fingerprint density at radius 1 is 1.26 bits per heavy atom. The number of methoxy groups -OCH3 is 1. The normalized spacial score (nSPS) is 11.1. The zero-order valence-electron chi connectivity index (χ0n) is 15.8. The molecule has 1 aromatic carbocycles. The molecule has 0 amide bonds. The molecule has 0 aliphatic rings. The van der Waals surface area contributed by atoms with Crippen molar-refractivity contribution in [3.05, 3.63) is 46.5 Å². The Morgan fingerprint density at radius 2 is 2.00 bits per heavy atom. The van der Waals surface area contributed by atoms with Crippen molar-refractivity contribution in [2.75, 3.05) is 13.7 Å². The van der Waals surface area contributed by atoms with Gasteiger partial charge in [-0.3, -0.25) is 9.48 Å². The molecule has 0 saturated heterocycles. The summed E-state index contributed by atoms with van der Waals surface area (Å²) in [6.07, 6.45) is 0. The summed E-state index contributed by atoms with van der Waals surface area (Å²) in [6.45, 7) is 6.62. The van der Waals surface area contributed by atoms with E-state index in [0.717, 1.165) is 22.5 Å². The van der Waals surface area contributed by atoms with Crippen molar-refractivity contribution in [2.24, 2.45) is 5.92 Å². The largest absolute Gasteiger partial charge is 0.496 e. The maximum Gasteiger partial charge on any atom is 0.348 e. The summed E-state index contributed by atoms with van der Waals surface area (Å²) in [5.41, 5.74) is 1.28. The molecule has 0 atom stereocenters. The lowest BCUT2D eigenvalue weighted by molar-refractivity contribution is 0.0479. The summed E-state index contributed by atoms with van der Waals surface area (Å²) in [6, 6.07) is 8.66. The van der Waals surface area contributed by atoms with Crippen LogP contribution in [0.3, 0.4) is 0 Å². The highest BCUT2D eigenvalue weighted by Gasteiger charge is 2.19. The van der Waals surface area contributed by atoms with Crippen LogP contribution in [0.15, 0.2) is 30.3 Å². The number of aryl methyl sites for hydroxylation is 1. The van der Waals surface area contributed by atoms with Gasteiger partial charge in [-0.25, -0.2) is 4.79 Å². The first-order chi connectivity index (χ1) is 12.9. The van der Waals surface area contributed by atoms with Crippen molar-refractivity contribution >= 4 is 33.3 Å². The number of benzene rings is 1. The zero-order valence-corrected chi connectivity index (χ0v) is 16.6. The minimum Gasteiger partial charge on any atom is -0.496 e. The third-order valence-electron chi connectivity index (χ3n) is 4.09. The Labute approximate surface area is 161 Å². The average Bonchev–Trinajstić information content (AvgIpc) is 3.20. The Balaban J connectivity index is 1.74. The van der Waals surface area contributed by atoms with E-state index in [2.05, 4.69) is 18.9 Å². The number of carbonyl (C=O) groups excluding carboxylic acids is 2. The maximum absolute atomic E-state index is 12.4. The lowest BCUT2D eigenvalue weighted by Gasteiger charge is -2.07. The van der Waals surface area contributed by atoms with Crippen LogP contribution < -0.4 is 4.74 Å². The first-order valence-electron chi connectivity index (χ1n) is 8.71. The fourth-order valence-corrected chi connectivity index (χ4v) is 3.90. The molecule has 0 N–H and O–H groups in total. The lowest BCUT2D eigenvalue weighted by atomic mass is 10.1. The number of thiophene rings is 1. The van der Waals surface area contributed by atoms with Gasteiger partial charge in [-0.05, 0) is 31.0 Å². The lowest BCUT2D eigenvalue weighted by Crippen LogP contribution is -2.14. The molecule has 0 aliphatic heterocycles. The number of esters is 1. The summed E-state index contributed by atoms with van der Waals surface area (Å²) in [4.78, 5) is 26.2. The summed E-state index contributed by atoms with van der Waals surface area (Å²) in [7, 11) is 1.50. The van der Waals surface area contributed by atoms with Gasteiger partial charge in [0.1, 0.15) is 15.5 Å². The van der Waals surface area contributed by atoms with E-state index >= 15 is 0 Å². The van der Waals surface area contributed by atoms with Crippen LogP contribution >= 0.6 is 11.3 Å².